The van der Waals surface area contributed by atoms with Gasteiger partial charge in [-0.15, -0.1) is 0 Å². The molecule has 0 unspecified atom stereocenters. The van der Waals surface area contributed by atoms with Crippen molar-refractivity contribution in [3.63, 3.8) is 0 Å². The maximum absolute atomic E-state index is 11.8. The fourth-order valence-corrected chi connectivity index (χ4v) is 2.74. The van der Waals surface area contributed by atoms with Crippen LogP contribution in [-0.2, 0) is 11.2 Å². The lowest BCUT2D eigenvalue weighted by atomic mass is 10.0. The number of nitrogens with one attached hydrogen (secondary N) is 1. The first-order chi connectivity index (χ1) is 12.0. The number of aryl methyl sites for hydroxylation is 1. The number of hydrogen-bond donors (Lipinski definition) is 1. The predicted molar refractivity (Wildman–Crippen MR) is 105 cm³/mol. The minimum Gasteiger partial charge on any atom is -0.483 e. The van der Waals surface area contributed by atoms with Crippen LogP contribution in [0.25, 0.3) is 0 Å². The van der Waals surface area contributed by atoms with Crippen molar-refractivity contribution in [1.29, 1.82) is 0 Å². The molecule has 0 atom stereocenters. The molecule has 4 nitrogen and oxygen atoms in total. The van der Waals surface area contributed by atoms with Crippen LogP contribution in [0.3, 0.4) is 0 Å². The molecule has 132 valence electrons. The van der Waals surface area contributed by atoms with Crippen LogP contribution in [-0.4, -0.2) is 18.7 Å². The summed E-state index contributed by atoms with van der Waals surface area (Å²) in [6.07, 6.45) is 2.57. The lowest BCUT2D eigenvalue weighted by molar-refractivity contribution is -0.123. The summed E-state index contributed by atoms with van der Waals surface area (Å²) in [5.41, 5.74) is 5.88. The Kier molecular flexibility index (Phi) is 7.19. The Labute approximate surface area is 157 Å². The summed E-state index contributed by atoms with van der Waals surface area (Å²) in [6.45, 7) is 6.30. The highest BCUT2D eigenvalue weighted by Gasteiger charge is 2.05. The highest BCUT2D eigenvalue weighted by Crippen LogP contribution is 2.26. The quantitative estimate of drug-likeness (QED) is 0.540. The number of rotatable bonds is 7. The second-order valence-corrected chi connectivity index (χ2v) is 6.88. The Morgan fingerprint density at radius 1 is 1.24 bits per heavy atom. The van der Waals surface area contributed by atoms with Gasteiger partial charge in [0.05, 0.1) is 10.7 Å². The first kappa shape index (κ1) is 19.2. The normalized spacial score (nSPS) is 11.1. The summed E-state index contributed by atoms with van der Waals surface area (Å²) in [4.78, 5) is 11.8. The molecule has 0 fully saturated rings. The predicted octanol–water partition coefficient (Wildman–Crippen LogP) is 4.66. The smallest absolute Gasteiger partial charge is 0.277 e. The van der Waals surface area contributed by atoms with Crippen LogP contribution < -0.4 is 10.2 Å². The third-order valence-corrected chi connectivity index (χ3v) is 4.39. The monoisotopic (exact) mass is 402 g/mol. The van der Waals surface area contributed by atoms with Gasteiger partial charge in [0.25, 0.3) is 5.91 Å². The minimum absolute atomic E-state index is 0.0896. The van der Waals surface area contributed by atoms with Gasteiger partial charge in [-0.1, -0.05) is 51.1 Å². The number of carbonyl (C=O) groups excluding carboxylic acids is 1. The molecule has 25 heavy (non-hydrogen) atoms. The third-order valence-electron chi connectivity index (χ3n) is 3.77. The standard InChI is InChI=1S/C20H23BrN2O2/c1-4-15-7-10-19(18(21)11-15)25-13-20(24)23-22-12-16-5-8-17(9-6-16)14(2)3/h5-12,14H,4,13H2,1-3H3,(H,23,24)/b22-12+. The Hall–Kier alpha value is -2.14. The minimum atomic E-state index is -0.304. The fourth-order valence-electron chi connectivity index (χ4n) is 2.20. The molecular formula is C20H23BrN2O2. The molecule has 0 aromatic heterocycles. The first-order valence-corrected chi connectivity index (χ1v) is 9.12. The average molecular weight is 403 g/mol. The van der Waals surface area contributed by atoms with Gasteiger partial charge in [0.1, 0.15) is 5.75 Å². The number of halogens is 1. The van der Waals surface area contributed by atoms with Gasteiger partial charge in [-0.3, -0.25) is 4.79 Å². The summed E-state index contributed by atoms with van der Waals surface area (Å²) in [7, 11) is 0. The highest BCUT2D eigenvalue weighted by molar-refractivity contribution is 9.10. The van der Waals surface area contributed by atoms with E-state index in [9.17, 15) is 4.79 Å². The second kappa shape index (κ2) is 9.37. The van der Waals surface area contributed by atoms with Crippen molar-refractivity contribution >= 4 is 28.1 Å². The zero-order valence-electron chi connectivity index (χ0n) is 14.8. The van der Waals surface area contributed by atoms with Crippen molar-refractivity contribution < 1.29 is 9.53 Å². The van der Waals surface area contributed by atoms with E-state index in [0.29, 0.717) is 11.7 Å². The van der Waals surface area contributed by atoms with Gasteiger partial charge in [-0.2, -0.15) is 5.10 Å². The summed E-state index contributed by atoms with van der Waals surface area (Å²) < 4.78 is 6.35. The average Bonchev–Trinajstić information content (AvgIpc) is 2.61. The van der Waals surface area contributed by atoms with Gasteiger partial charge in [0.2, 0.25) is 0 Å². The molecule has 0 spiro atoms. The van der Waals surface area contributed by atoms with E-state index in [1.54, 1.807) is 6.21 Å². The maximum Gasteiger partial charge on any atom is 0.277 e. The Morgan fingerprint density at radius 2 is 1.96 bits per heavy atom. The molecule has 0 saturated heterocycles. The lowest BCUT2D eigenvalue weighted by Crippen LogP contribution is -2.24. The van der Waals surface area contributed by atoms with E-state index in [1.165, 1.54) is 11.1 Å². The number of ether oxygens (including phenoxy) is 1. The van der Waals surface area contributed by atoms with Crippen molar-refractivity contribution in [3.05, 3.63) is 63.6 Å². The number of carbonyl (C=O) groups is 1. The van der Waals surface area contributed by atoms with E-state index in [4.69, 9.17) is 4.74 Å². The summed E-state index contributed by atoms with van der Waals surface area (Å²) in [5.74, 6) is 0.829. The third kappa shape index (κ3) is 6.02. The van der Waals surface area contributed by atoms with E-state index in [0.717, 1.165) is 16.5 Å². The molecule has 2 aromatic rings. The molecular weight excluding hydrogens is 380 g/mol. The number of hydrogen-bond acceptors (Lipinski definition) is 3. The molecule has 0 aliphatic carbocycles. The van der Waals surface area contributed by atoms with Crippen LogP contribution in [0.1, 0.15) is 43.4 Å². The van der Waals surface area contributed by atoms with Crippen LogP contribution in [0, 0.1) is 0 Å². The molecule has 2 aromatic carbocycles. The van der Waals surface area contributed by atoms with E-state index < -0.39 is 0 Å². The summed E-state index contributed by atoms with van der Waals surface area (Å²) in [5, 5.41) is 3.96. The van der Waals surface area contributed by atoms with Crippen molar-refractivity contribution in [2.24, 2.45) is 5.10 Å². The van der Waals surface area contributed by atoms with E-state index in [1.807, 2.05) is 30.3 Å². The summed E-state index contributed by atoms with van der Waals surface area (Å²) in [6, 6.07) is 13.9. The summed E-state index contributed by atoms with van der Waals surface area (Å²) >= 11 is 3.45. The van der Waals surface area contributed by atoms with Crippen LogP contribution in [0.5, 0.6) is 5.75 Å². The van der Waals surface area contributed by atoms with Gasteiger partial charge >= 0.3 is 0 Å². The number of amides is 1. The van der Waals surface area contributed by atoms with Crippen LogP contribution in [0.15, 0.2) is 52.0 Å². The zero-order valence-corrected chi connectivity index (χ0v) is 16.3. The number of benzene rings is 2. The molecule has 0 heterocycles. The first-order valence-electron chi connectivity index (χ1n) is 8.32. The maximum atomic E-state index is 11.8. The Bertz CT molecular complexity index is 740. The molecule has 1 N–H and O–H groups in total. The lowest BCUT2D eigenvalue weighted by Gasteiger charge is -2.08. The van der Waals surface area contributed by atoms with Crippen molar-refractivity contribution in [1.82, 2.24) is 5.43 Å². The van der Waals surface area contributed by atoms with Gasteiger partial charge in [0.15, 0.2) is 6.61 Å². The Morgan fingerprint density at radius 3 is 2.56 bits per heavy atom. The molecule has 5 heteroatoms. The van der Waals surface area contributed by atoms with Crippen molar-refractivity contribution in [3.8, 4) is 5.75 Å². The Balaban J connectivity index is 1.82. The number of hydrazone groups is 1. The molecule has 2 rings (SSSR count). The van der Waals surface area contributed by atoms with E-state index in [2.05, 4.69) is 59.4 Å². The molecule has 0 saturated carbocycles. The zero-order chi connectivity index (χ0) is 18.2. The molecule has 0 aliphatic rings. The molecule has 0 aliphatic heterocycles. The van der Waals surface area contributed by atoms with Crippen molar-refractivity contribution in [2.75, 3.05) is 6.61 Å². The van der Waals surface area contributed by atoms with E-state index in [-0.39, 0.29) is 12.5 Å². The largest absolute Gasteiger partial charge is 0.483 e. The van der Waals surface area contributed by atoms with Gasteiger partial charge < -0.3 is 4.74 Å². The molecule has 0 bridgehead atoms. The highest BCUT2D eigenvalue weighted by atomic mass is 79.9. The molecule has 1 amide bonds. The van der Waals surface area contributed by atoms with Crippen molar-refractivity contribution in [2.45, 2.75) is 33.1 Å². The second-order valence-electron chi connectivity index (χ2n) is 6.02. The van der Waals surface area contributed by atoms with Gasteiger partial charge in [0, 0.05) is 0 Å². The van der Waals surface area contributed by atoms with Gasteiger partial charge in [-0.05, 0) is 57.1 Å². The van der Waals surface area contributed by atoms with E-state index >= 15 is 0 Å². The fraction of sp³-hybridized carbons (Fsp3) is 0.300. The van der Waals surface area contributed by atoms with Crippen LogP contribution in [0.4, 0.5) is 0 Å². The number of nitrogens with zero attached hydrogens (tertiary/aromatic N) is 1. The van der Waals surface area contributed by atoms with Crippen LogP contribution in [0.2, 0.25) is 0 Å². The molecule has 0 radical (unpaired) electrons. The van der Waals surface area contributed by atoms with Gasteiger partial charge in [-0.25, -0.2) is 5.43 Å². The van der Waals surface area contributed by atoms with Crippen LogP contribution >= 0.6 is 15.9 Å². The SMILES string of the molecule is CCc1ccc(OCC(=O)N/N=C/c2ccc(C(C)C)cc2)c(Br)c1. The topological polar surface area (TPSA) is 50.7 Å².